The zero-order valence-electron chi connectivity index (χ0n) is 10.1. The van der Waals surface area contributed by atoms with Crippen LogP contribution in [0.5, 0.6) is 0 Å². The number of nitrogens with one attached hydrogen (secondary N) is 1. The maximum atomic E-state index is 12.2. The van der Waals surface area contributed by atoms with Gasteiger partial charge in [-0.1, -0.05) is 11.6 Å². The molecule has 0 bridgehead atoms. The maximum absolute atomic E-state index is 12.2. The predicted molar refractivity (Wildman–Crippen MR) is 75.6 cm³/mol. The number of aromatic nitrogens is 1. The van der Waals surface area contributed by atoms with Crippen molar-refractivity contribution in [1.29, 1.82) is 0 Å². The van der Waals surface area contributed by atoms with Gasteiger partial charge in [0.05, 0.1) is 10.6 Å². The van der Waals surface area contributed by atoms with Crippen molar-refractivity contribution in [3.63, 3.8) is 0 Å². The molecule has 0 saturated heterocycles. The van der Waals surface area contributed by atoms with Crippen LogP contribution in [0.4, 0.5) is 11.4 Å². The van der Waals surface area contributed by atoms with E-state index in [1.165, 1.54) is 30.5 Å². The molecule has 2 rings (SSSR count). The Hall–Kier alpha value is -1.79. The number of hydrogen-bond acceptors (Lipinski definition) is 4. The second kappa shape index (κ2) is 5.07. The number of nitrogens with two attached hydrogens (primary N) is 1. The third kappa shape index (κ3) is 3.15. The first-order valence-corrected chi connectivity index (χ1v) is 7.25. The third-order valence-corrected chi connectivity index (χ3v) is 4.12. The number of hydrogen-bond donors (Lipinski definition) is 2. The van der Waals surface area contributed by atoms with E-state index in [9.17, 15) is 8.42 Å². The van der Waals surface area contributed by atoms with E-state index in [4.69, 9.17) is 17.3 Å². The Morgan fingerprint density at radius 2 is 2.00 bits per heavy atom. The van der Waals surface area contributed by atoms with E-state index in [1.807, 2.05) is 0 Å². The topological polar surface area (TPSA) is 85.1 Å². The summed E-state index contributed by atoms with van der Waals surface area (Å²) in [7, 11) is -3.66. The lowest BCUT2D eigenvalue weighted by Crippen LogP contribution is -2.13. The van der Waals surface area contributed by atoms with E-state index < -0.39 is 10.0 Å². The third-order valence-electron chi connectivity index (χ3n) is 2.53. The molecule has 0 saturated carbocycles. The van der Waals surface area contributed by atoms with Gasteiger partial charge in [0.25, 0.3) is 10.0 Å². The molecule has 1 aromatic heterocycles. The van der Waals surface area contributed by atoms with Crippen molar-refractivity contribution in [3.05, 3.63) is 47.2 Å². The van der Waals surface area contributed by atoms with Crippen molar-refractivity contribution < 1.29 is 8.42 Å². The van der Waals surface area contributed by atoms with Crippen molar-refractivity contribution in [2.45, 2.75) is 11.8 Å². The van der Waals surface area contributed by atoms with Gasteiger partial charge in [-0.15, -0.1) is 0 Å². The van der Waals surface area contributed by atoms with Crippen molar-refractivity contribution in [2.75, 3.05) is 10.5 Å². The highest BCUT2D eigenvalue weighted by molar-refractivity contribution is 7.92. The Morgan fingerprint density at radius 1 is 1.26 bits per heavy atom. The fourth-order valence-electron chi connectivity index (χ4n) is 1.50. The summed E-state index contributed by atoms with van der Waals surface area (Å²) in [6.07, 6.45) is 1.43. The molecular formula is C12H12ClN3O2S. The minimum atomic E-state index is -3.66. The van der Waals surface area contributed by atoms with Gasteiger partial charge in [-0.25, -0.2) is 13.4 Å². The number of sulfonamides is 1. The lowest BCUT2D eigenvalue weighted by atomic mass is 10.2. The normalized spacial score (nSPS) is 11.3. The number of nitrogen functional groups attached to an aromatic ring is 1. The fourth-order valence-corrected chi connectivity index (χ4v) is 2.80. The van der Waals surface area contributed by atoms with Gasteiger partial charge < -0.3 is 5.73 Å². The Kier molecular flexibility index (Phi) is 3.64. The van der Waals surface area contributed by atoms with E-state index in [2.05, 4.69) is 9.71 Å². The molecule has 5 nitrogen and oxygen atoms in total. The number of aryl methyl sites for hydroxylation is 1. The van der Waals surface area contributed by atoms with E-state index in [0.717, 1.165) is 0 Å². The quantitative estimate of drug-likeness (QED) is 0.673. The summed E-state index contributed by atoms with van der Waals surface area (Å²) >= 11 is 5.70. The molecule has 0 aliphatic carbocycles. The minimum absolute atomic E-state index is 0.145. The summed E-state index contributed by atoms with van der Waals surface area (Å²) in [5, 5.41) is 0.216. The van der Waals surface area contributed by atoms with Gasteiger partial charge in [0, 0.05) is 11.9 Å². The van der Waals surface area contributed by atoms with Gasteiger partial charge in [-0.3, -0.25) is 4.72 Å². The van der Waals surface area contributed by atoms with Crippen LogP contribution < -0.4 is 10.5 Å². The first-order valence-electron chi connectivity index (χ1n) is 5.39. The average molecular weight is 298 g/mol. The lowest BCUT2D eigenvalue weighted by molar-refractivity contribution is 0.601. The number of nitrogens with zero attached hydrogens (tertiary/aromatic N) is 1. The summed E-state index contributed by atoms with van der Waals surface area (Å²) in [4.78, 5) is 3.93. The van der Waals surface area contributed by atoms with E-state index in [-0.39, 0.29) is 10.0 Å². The Labute approximate surface area is 116 Å². The van der Waals surface area contributed by atoms with Gasteiger partial charge in [-0.05, 0) is 42.8 Å². The molecular weight excluding hydrogens is 286 g/mol. The van der Waals surface area contributed by atoms with Crippen LogP contribution in [0.2, 0.25) is 5.15 Å². The molecule has 19 heavy (non-hydrogen) atoms. The van der Waals surface area contributed by atoms with Crippen LogP contribution in [0.15, 0.2) is 41.4 Å². The second-order valence-electron chi connectivity index (χ2n) is 3.99. The second-order valence-corrected chi connectivity index (χ2v) is 6.06. The van der Waals surface area contributed by atoms with Crippen LogP contribution in [0.3, 0.4) is 0 Å². The van der Waals surface area contributed by atoms with Crippen LogP contribution in [0, 0.1) is 6.92 Å². The SMILES string of the molecule is Cc1cc(S(=O)(=O)Nc2ccnc(Cl)c2)ccc1N. The van der Waals surface area contributed by atoms with Gasteiger partial charge in [0.2, 0.25) is 0 Å². The molecule has 7 heteroatoms. The van der Waals surface area contributed by atoms with Crippen LogP contribution in [-0.4, -0.2) is 13.4 Å². The highest BCUT2D eigenvalue weighted by Gasteiger charge is 2.15. The summed E-state index contributed by atoms with van der Waals surface area (Å²) in [5.41, 5.74) is 7.27. The highest BCUT2D eigenvalue weighted by Crippen LogP contribution is 2.20. The van der Waals surface area contributed by atoms with Crippen LogP contribution in [0.1, 0.15) is 5.56 Å². The average Bonchev–Trinajstić information content (AvgIpc) is 2.32. The zero-order valence-corrected chi connectivity index (χ0v) is 11.7. The van der Waals surface area contributed by atoms with E-state index in [0.29, 0.717) is 16.9 Å². The first kappa shape index (κ1) is 13.6. The fraction of sp³-hybridized carbons (Fsp3) is 0.0833. The summed E-state index contributed by atoms with van der Waals surface area (Å²) in [6.45, 7) is 1.75. The van der Waals surface area contributed by atoms with E-state index in [1.54, 1.807) is 13.0 Å². The Balaban J connectivity index is 2.35. The summed E-state index contributed by atoms with van der Waals surface area (Å²) in [6, 6.07) is 7.48. The number of anilines is 2. The number of rotatable bonds is 3. The minimum Gasteiger partial charge on any atom is -0.399 e. The number of pyridine rings is 1. The molecule has 1 aromatic carbocycles. The largest absolute Gasteiger partial charge is 0.399 e. The molecule has 0 fully saturated rings. The van der Waals surface area contributed by atoms with Gasteiger partial charge in [0.1, 0.15) is 5.15 Å². The smallest absolute Gasteiger partial charge is 0.261 e. The van der Waals surface area contributed by atoms with Crippen molar-refractivity contribution in [3.8, 4) is 0 Å². The van der Waals surface area contributed by atoms with Crippen LogP contribution in [0.25, 0.3) is 0 Å². The van der Waals surface area contributed by atoms with Gasteiger partial charge >= 0.3 is 0 Å². The first-order chi connectivity index (χ1) is 8.88. The van der Waals surface area contributed by atoms with Gasteiger partial charge in [0.15, 0.2) is 0 Å². The molecule has 0 aliphatic rings. The Bertz CT molecular complexity index is 717. The molecule has 0 unspecified atom stereocenters. The molecule has 0 radical (unpaired) electrons. The van der Waals surface area contributed by atoms with Crippen LogP contribution >= 0.6 is 11.6 Å². The maximum Gasteiger partial charge on any atom is 0.261 e. The highest BCUT2D eigenvalue weighted by atomic mass is 35.5. The van der Waals surface area contributed by atoms with Crippen molar-refractivity contribution in [1.82, 2.24) is 4.98 Å². The standard InChI is InChI=1S/C12H12ClN3O2S/c1-8-6-10(2-3-11(8)14)19(17,18)16-9-4-5-15-12(13)7-9/h2-7H,14H2,1H3,(H,15,16). The molecule has 0 atom stereocenters. The molecule has 0 aliphatic heterocycles. The van der Waals surface area contributed by atoms with Crippen LogP contribution in [-0.2, 0) is 10.0 Å². The summed E-state index contributed by atoms with van der Waals surface area (Å²) in [5.74, 6) is 0. The molecule has 3 N–H and O–H groups in total. The van der Waals surface area contributed by atoms with Gasteiger partial charge in [-0.2, -0.15) is 0 Å². The molecule has 2 aromatic rings. The monoisotopic (exact) mass is 297 g/mol. The molecule has 100 valence electrons. The Morgan fingerprint density at radius 3 is 2.63 bits per heavy atom. The van der Waals surface area contributed by atoms with Crippen molar-refractivity contribution in [2.24, 2.45) is 0 Å². The lowest BCUT2D eigenvalue weighted by Gasteiger charge is -2.09. The zero-order chi connectivity index (χ0) is 14.0. The van der Waals surface area contributed by atoms with E-state index >= 15 is 0 Å². The summed E-state index contributed by atoms with van der Waals surface area (Å²) < 4.78 is 26.8. The number of benzene rings is 1. The molecule has 1 heterocycles. The predicted octanol–water partition coefficient (Wildman–Crippen LogP) is 2.43. The molecule has 0 spiro atoms. The molecule has 0 amide bonds. The van der Waals surface area contributed by atoms with Crippen molar-refractivity contribution >= 4 is 33.0 Å². The number of halogens is 1.